The van der Waals surface area contributed by atoms with Gasteiger partial charge in [-0.1, -0.05) is 39.0 Å². The third kappa shape index (κ3) is 3.98. The van der Waals surface area contributed by atoms with Crippen LogP contribution >= 0.6 is 0 Å². The zero-order chi connectivity index (χ0) is 12.7. The van der Waals surface area contributed by atoms with Crippen molar-refractivity contribution < 1.29 is 9.53 Å². The van der Waals surface area contributed by atoms with E-state index in [1.54, 1.807) is 0 Å². The summed E-state index contributed by atoms with van der Waals surface area (Å²) in [6, 6.07) is 0.369. The van der Waals surface area contributed by atoms with Gasteiger partial charge >= 0.3 is 5.97 Å². The molecular formula is C14H27NO2. The van der Waals surface area contributed by atoms with Crippen LogP contribution in [0.15, 0.2) is 0 Å². The van der Waals surface area contributed by atoms with Crippen LogP contribution in [0.25, 0.3) is 0 Å². The van der Waals surface area contributed by atoms with Crippen LogP contribution in [0.5, 0.6) is 0 Å². The molecule has 17 heavy (non-hydrogen) atoms. The van der Waals surface area contributed by atoms with Gasteiger partial charge in [0.1, 0.15) is 5.54 Å². The SMILES string of the molecule is CCC(C)NC1(C(=O)OC)CCCCCCC1. The molecule has 1 unspecified atom stereocenters. The summed E-state index contributed by atoms with van der Waals surface area (Å²) in [6.45, 7) is 4.29. The summed E-state index contributed by atoms with van der Waals surface area (Å²) < 4.78 is 5.03. The lowest BCUT2D eigenvalue weighted by Gasteiger charge is -2.36. The molecule has 1 aliphatic carbocycles. The van der Waals surface area contributed by atoms with E-state index in [1.165, 1.54) is 26.4 Å². The molecular weight excluding hydrogens is 214 g/mol. The molecule has 1 atom stereocenters. The molecule has 0 aliphatic heterocycles. The Bertz CT molecular complexity index is 232. The van der Waals surface area contributed by atoms with Gasteiger partial charge in [-0.15, -0.1) is 0 Å². The van der Waals surface area contributed by atoms with Gasteiger partial charge in [0, 0.05) is 6.04 Å². The number of rotatable bonds is 4. The van der Waals surface area contributed by atoms with Crippen LogP contribution < -0.4 is 5.32 Å². The number of esters is 1. The first-order valence-electron chi connectivity index (χ1n) is 7.00. The molecule has 1 rings (SSSR count). The molecule has 0 spiro atoms. The lowest BCUT2D eigenvalue weighted by Crippen LogP contribution is -2.56. The van der Waals surface area contributed by atoms with Crippen LogP contribution in [0, 0.1) is 0 Å². The zero-order valence-electron chi connectivity index (χ0n) is 11.6. The lowest BCUT2D eigenvalue weighted by molar-refractivity contribution is -0.150. The number of hydrogen-bond donors (Lipinski definition) is 1. The summed E-state index contributed by atoms with van der Waals surface area (Å²) in [6.07, 6.45) is 8.91. The molecule has 0 bridgehead atoms. The average Bonchev–Trinajstić information content (AvgIpc) is 2.31. The fraction of sp³-hybridized carbons (Fsp3) is 0.929. The predicted octanol–water partition coefficient (Wildman–Crippen LogP) is 3.03. The summed E-state index contributed by atoms with van der Waals surface area (Å²) in [5.74, 6) is -0.0697. The first kappa shape index (κ1) is 14.5. The van der Waals surface area contributed by atoms with Gasteiger partial charge in [0.25, 0.3) is 0 Å². The second-order valence-corrected chi connectivity index (χ2v) is 5.30. The zero-order valence-corrected chi connectivity index (χ0v) is 11.6. The van der Waals surface area contributed by atoms with Gasteiger partial charge in [-0.2, -0.15) is 0 Å². The molecule has 0 aromatic rings. The summed E-state index contributed by atoms with van der Waals surface area (Å²) in [5, 5.41) is 3.53. The molecule has 0 saturated heterocycles. The minimum atomic E-state index is -0.426. The Hall–Kier alpha value is -0.570. The van der Waals surface area contributed by atoms with Gasteiger partial charge in [0.05, 0.1) is 7.11 Å². The summed E-state index contributed by atoms with van der Waals surface area (Å²) in [4.78, 5) is 12.1. The van der Waals surface area contributed by atoms with Crippen molar-refractivity contribution in [2.45, 2.75) is 76.8 Å². The van der Waals surface area contributed by atoms with Crippen LogP contribution in [-0.4, -0.2) is 24.7 Å². The normalized spacial score (nSPS) is 22.3. The van der Waals surface area contributed by atoms with Crippen LogP contribution in [0.4, 0.5) is 0 Å². The van der Waals surface area contributed by atoms with Crippen LogP contribution in [0.1, 0.15) is 65.2 Å². The first-order valence-corrected chi connectivity index (χ1v) is 7.00. The molecule has 3 nitrogen and oxygen atoms in total. The fourth-order valence-electron chi connectivity index (χ4n) is 2.69. The van der Waals surface area contributed by atoms with E-state index >= 15 is 0 Å². The molecule has 100 valence electrons. The van der Waals surface area contributed by atoms with Crippen molar-refractivity contribution in [3.8, 4) is 0 Å². The van der Waals surface area contributed by atoms with Gasteiger partial charge in [-0.25, -0.2) is 0 Å². The van der Waals surface area contributed by atoms with Gasteiger partial charge in [0.15, 0.2) is 0 Å². The van der Waals surface area contributed by atoms with E-state index < -0.39 is 5.54 Å². The Balaban J connectivity index is 2.77. The fourth-order valence-corrected chi connectivity index (χ4v) is 2.69. The monoisotopic (exact) mass is 241 g/mol. The second kappa shape index (κ2) is 7.00. The molecule has 0 heterocycles. The predicted molar refractivity (Wildman–Crippen MR) is 70.0 cm³/mol. The topological polar surface area (TPSA) is 38.3 Å². The van der Waals surface area contributed by atoms with E-state index in [0.29, 0.717) is 6.04 Å². The summed E-state index contributed by atoms with van der Waals surface area (Å²) >= 11 is 0. The van der Waals surface area contributed by atoms with E-state index in [1.807, 2.05) is 0 Å². The standard InChI is InChI=1S/C14H27NO2/c1-4-12(2)15-14(13(16)17-3)10-8-6-5-7-9-11-14/h12,15H,4-11H2,1-3H3. The number of carbonyl (C=O) groups is 1. The molecule has 1 saturated carbocycles. The number of nitrogens with one attached hydrogen (secondary N) is 1. The molecule has 0 aromatic heterocycles. The van der Waals surface area contributed by atoms with Crippen molar-refractivity contribution in [2.24, 2.45) is 0 Å². The highest BCUT2D eigenvalue weighted by Gasteiger charge is 2.39. The first-order chi connectivity index (χ1) is 8.14. The number of ether oxygens (including phenoxy) is 1. The van der Waals surface area contributed by atoms with Crippen molar-refractivity contribution in [1.29, 1.82) is 0 Å². The van der Waals surface area contributed by atoms with Crippen LogP contribution in [0.2, 0.25) is 0 Å². The van der Waals surface area contributed by atoms with Crippen molar-refractivity contribution in [1.82, 2.24) is 5.32 Å². The van der Waals surface area contributed by atoms with Crippen LogP contribution in [-0.2, 0) is 9.53 Å². The van der Waals surface area contributed by atoms with E-state index in [9.17, 15) is 4.79 Å². The van der Waals surface area contributed by atoms with E-state index in [0.717, 1.165) is 32.1 Å². The molecule has 0 radical (unpaired) electrons. The van der Waals surface area contributed by atoms with E-state index in [2.05, 4.69) is 19.2 Å². The van der Waals surface area contributed by atoms with Crippen molar-refractivity contribution in [3.63, 3.8) is 0 Å². The van der Waals surface area contributed by atoms with Crippen molar-refractivity contribution in [3.05, 3.63) is 0 Å². The minimum Gasteiger partial charge on any atom is -0.468 e. The van der Waals surface area contributed by atoms with Crippen molar-refractivity contribution >= 4 is 5.97 Å². The molecule has 1 aliphatic rings. The quantitative estimate of drug-likeness (QED) is 0.769. The Morgan fingerprint density at radius 1 is 1.24 bits per heavy atom. The maximum atomic E-state index is 12.1. The summed E-state index contributed by atoms with van der Waals surface area (Å²) in [5.41, 5.74) is -0.426. The lowest BCUT2D eigenvalue weighted by atomic mass is 9.83. The van der Waals surface area contributed by atoms with Gasteiger partial charge in [-0.05, 0) is 26.2 Å². The van der Waals surface area contributed by atoms with E-state index in [4.69, 9.17) is 4.74 Å². The highest BCUT2D eigenvalue weighted by atomic mass is 16.5. The molecule has 0 aromatic carbocycles. The maximum absolute atomic E-state index is 12.1. The maximum Gasteiger partial charge on any atom is 0.326 e. The second-order valence-electron chi connectivity index (χ2n) is 5.30. The third-order valence-electron chi connectivity index (χ3n) is 3.92. The smallest absolute Gasteiger partial charge is 0.326 e. The van der Waals surface area contributed by atoms with E-state index in [-0.39, 0.29) is 5.97 Å². The summed E-state index contributed by atoms with van der Waals surface area (Å²) in [7, 11) is 1.50. The molecule has 1 N–H and O–H groups in total. The number of carbonyl (C=O) groups excluding carboxylic acids is 1. The molecule has 3 heteroatoms. The molecule has 1 fully saturated rings. The minimum absolute atomic E-state index is 0.0697. The van der Waals surface area contributed by atoms with Gasteiger partial charge in [0.2, 0.25) is 0 Å². The Morgan fingerprint density at radius 3 is 2.24 bits per heavy atom. The van der Waals surface area contributed by atoms with Gasteiger partial charge < -0.3 is 4.74 Å². The highest BCUT2D eigenvalue weighted by molar-refractivity contribution is 5.80. The Morgan fingerprint density at radius 2 is 1.76 bits per heavy atom. The number of hydrogen-bond acceptors (Lipinski definition) is 3. The molecule has 0 amide bonds. The third-order valence-corrected chi connectivity index (χ3v) is 3.92. The van der Waals surface area contributed by atoms with Crippen molar-refractivity contribution in [2.75, 3.05) is 7.11 Å². The Kier molecular flexibility index (Phi) is 5.96. The van der Waals surface area contributed by atoms with Crippen LogP contribution in [0.3, 0.4) is 0 Å². The van der Waals surface area contributed by atoms with Gasteiger partial charge in [-0.3, -0.25) is 10.1 Å². The largest absolute Gasteiger partial charge is 0.468 e. The number of methoxy groups -OCH3 is 1. The highest BCUT2D eigenvalue weighted by Crippen LogP contribution is 2.28. The Labute approximate surface area is 105 Å². The average molecular weight is 241 g/mol.